The lowest BCUT2D eigenvalue weighted by atomic mass is 9.77. The number of hydroxylamine groups is 1. The summed E-state index contributed by atoms with van der Waals surface area (Å²) in [6.45, 7) is 15.0. The van der Waals surface area contributed by atoms with Crippen LogP contribution in [0.4, 0.5) is 5.95 Å². The second-order valence-corrected chi connectivity index (χ2v) is 8.69. The van der Waals surface area contributed by atoms with Crippen LogP contribution in [-0.4, -0.2) is 34.0 Å². The first-order chi connectivity index (χ1) is 18.2. The molecule has 0 atom stereocenters. The van der Waals surface area contributed by atoms with Gasteiger partial charge in [-0.25, -0.2) is 9.97 Å². The van der Waals surface area contributed by atoms with Crippen molar-refractivity contribution in [1.29, 1.82) is 5.26 Å². The van der Waals surface area contributed by atoms with E-state index in [1.807, 2.05) is 71.0 Å². The van der Waals surface area contributed by atoms with Gasteiger partial charge in [-0.1, -0.05) is 72.2 Å². The summed E-state index contributed by atoms with van der Waals surface area (Å²) >= 11 is 6.48. The average molecular weight is 542 g/mol. The van der Waals surface area contributed by atoms with Crippen LogP contribution in [0.25, 0.3) is 0 Å². The molecule has 0 unspecified atom stereocenters. The van der Waals surface area contributed by atoms with Crippen molar-refractivity contribution < 1.29 is 14.7 Å². The number of nitrogens with one attached hydrogen (secondary N) is 1. The SMILES string of the molecule is CC.CC.CCCOc1c(Cl)cc(C(C)(C)c2ccc(OCc3cnc(NN(C)O)nc3)cc2)cc1C#N. The second kappa shape index (κ2) is 16.5. The van der Waals surface area contributed by atoms with Crippen LogP contribution < -0.4 is 14.9 Å². The van der Waals surface area contributed by atoms with Gasteiger partial charge in [0.15, 0.2) is 5.75 Å². The number of ether oxygens (including phenoxy) is 2. The van der Waals surface area contributed by atoms with Gasteiger partial charge in [-0.2, -0.15) is 5.26 Å². The van der Waals surface area contributed by atoms with Crippen LogP contribution in [-0.2, 0) is 12.0 Å². The van der Waals surface area contributed by atoms with Crippen molar-refractivity contribution in [2.24, 2.45) is 0 Å². The number of hydrogen-bond donors (Lipinski definition) is 2. The Labute approximate surface area is 232 Å². The molecular formula is C29H40ClN5O3. The molecule has 0 amide bonds. The monoisotopic (exact) mass is 541 g/mol. The highest BCUT2D eigenvalue weighted by molar-refractivity contribution is 6.32. The maximum atomic E-state index is 9.62. The molecule has 0 saturated heterocycles. The van der Waals surface area contributed by atoms with E-state index in [9.17, 15) is 5.26 Å². The molecule has 0 aliphatic heterocycles. The average Bonchev–Trinajstić information content (AvgIpc) is 2.93. The van der Waals surface area contributed by atoms with Gasteiger partial charge in [0, 0.05) is 30.4 Å². The van der Waals surface area contributed by atoms with E-state index in [1.54, 1.807) is 12.4 Å². The first kappa shape index (κ1) is 32.6. The molecule has 0 aliphatic carbocycles. The van der Waals surface area contributed by atoms with Crippen molar-refractivity contribution in [2.75, 3.05) is 19.1 Å². The van der Waals surface area contributed by atoms with Crippen LogP contribution in [0.15, 0.2) is 48.8 Å². The van der Waals surface area contributed by atoms with Gasteiger partial charge >= 0.3 is 0 Å². The van der Waals surface area contributed by atoms with Crippen LogP contribution in [0, 0.1) is 11.3 Å². The molecule has 0 saturated carbocycles. The maximum absolute atomic E-state index is 9.62. The highest BCUT2D eigenvalue weighted by Gasteiger charge is 2.26. The molecule has 0 spiro atoms. The van der Waals surface area contributed by atoms with Crippen molar-refractivity contribution in [3.8, 4) is 17.6 Å². The fraction of sp³-hybridized carbons (Fsp3) is 0.414. The predicted octanol–water partition coefficient (Wildman–Crippen LogP) is 7.40. The summed E-state index contributed by atoms with van der Waals surface area (Å²) in [6.07, 6.45) is 4.08. The molecule has 9 heteroatoms. The van der Waals surface area contributed by atoms with Crippen molar-refractivity contribution in [2.45, 2.75) is 66.9 Å². The standard InChI is InChI=1S/C25H28ClN5O3.2C2H6/c1-5-10-33-23-18(13-27)11-20(12-22(23)26)25(2,3)19-6-8-21(9-7-19)34-16-17-14-28-24(29-15-17)30-31(4)32;2*1-2/h6-9,11-12,14-15,32H,5,10,16H2,1-4H3,(H,28,29,30);2*1-2H3. The Morgan fingerprint density at radius 3 is 2.16 bits per heavy atom. The van der Waals surface area contributed by atoms with E-state index in [0.717, 1.165) is 28.3 Å². The molecule has 0 fully saturated rings. The predicted molar refractivity (Wildman–Crippen MR) is 153 cm³/mol. The van der Waals surface area contributed by atoms with E-state index in [0.29, 0.717) is 35.3 Å². The van der Waals surface area contributed by atoms with Gasteiger partial charge in [0.2, 0.25) is 5.95 Å². The highest BCUT2D eigenvalue weighted by Crippen LogP contribution is 2.38. The van der Waals surface area contributed by atoms with Crippen LogP contribution in [0.5, 0.6) is 11.5 Å². The Hall–Kier alpha value is -3.38. The fourth-order valence-electron chi connectivity index (χ4n) is 3.32. The minimum absolute atomic E-state index is 0.282. The summed E-state index contributed by atoms with van der Waals surface area (Å²) < 4.78 is 11.5. The molecule has 8 nitrogen and oxygen atoms in total. The van der Waals surface area contributed by atoms with Gasteiger partial charge in [0.1, 0.15) is 18.4 Å². The Morgan fingerprint density at radius 1 is 1.03 bits per heavy atom. The Bertz CT molecular complexity index is 1140. The number of hydrogen-bond acceptors (Lipinski definition) is 8. The van der Waals surface area contributed by atoms with Crippen molar-refractivity contribution in [3.63, 3.8) is 0 Å². The van der Waals surface area contributed by atoms with Gasteiger partial charge in [0.05, 0.1) is 17.2 Å². The Kier molecular flexibility index (Phi) is 14.1. The summed E-state index contributed by atoms with van der Waals surface area (Å²) in [5, 5.41) is 20.0. The third-order valence-electron chi connectivity index (χ3n) is 5.28. The molecule has 38 heavy (non-hydrogen) atoms. The van der Waals surface area contributed by atoms with Crippen molar-refractivity contribution >= 4 is 17.5 Å². The fourth-order valence-corrected chi connectivity index (χ4v) is 3.59. The lowest BCUT2D eigenvalue weighted by Crippen LogP contribution is -2.22. The van der Waals surface area contributed by atoms with E-state index in [-0.39, 0.29) is 5.95 Å². The lowest BCUT2D eigenvalue weighted by Gasteiger charge is -2.27. The summed E-state index contributed by atoms with van der Waals surface area (Å²) in [7, 11) is 1.43. The quantitative estimate of drug-likeness (QED) is 0.256. The van der Waals surface area contributed by atoms with Gasteiger partial charge in [-0.15, -0.1) is 5.17 Å². The lowest BCUT2D eigenvalue weighted by molar-refractivity contribution is -0.0394. The van der Waals surface area contributed by atoms with E-state index in [4.69, 9.17) is 26.3 Å². The van der Waals surface area contributed by atoms with Crippen molar-refractivity contribution in [3.05, 3.63) is 76.1 Å². The van der Waals surface area contributed by atoms with Crippen LogP contribution in [0.1, 0.15) is 77.1 Å². The molecule has 0 aliphatic rings. The number of anilines is 1. The molecule has 3 rings (SSSR count). The summed E-state index contributed by atoms with van der Waals surface area (Å²) in [6, 6.07) is 13.7. The van der Waals surface area contributed by atoms with Crippen LogP contribution >= 0.6 is 11.6 Å². The zero-order chi connectivity index (χ0) is 28.7. The Morgan fingerprint density at radius 2 is 1.63 bits per heavy atom. The largest absolute Gasteiger partial charge is 0.491 e. The smallest absolute Gasteiger partial charge is 0.239 e. The number of hydrazine groups is 1. The first-order valence-electron chi connectivity index (χ1n) is 12.8. The summed E-state index contributed by atoms with van der Waals surface area (Å²) in [5.74, 6) is 1.42. The van der Waals surface area contributed by atoms with Gasteiger partial charge < -0.3 is 9.47 Å². The van der Waals surface area contributed by atoms with Gasteiger partial charge in [0.25, 0.3) is 0 Å². The number of nitrogens with zero attached hydrogens (tertiary/aromatic N) is 4. The minimum atomic E-state index is -0.395. The van der Waals surface area contributed by atoms with E-state index in [2.05, 4.69) is 35.3 Å². The minimum Gasteiger partial charge on any atom is -0.491 e. The molecule has 2 N–H and O–H groups in total. The zero-order valence-corrected chi connectivity index (χ0v) is 24.4. The molecule has 3 aromatic rings. The normalized spacial score (nSPS) is 10.4. The molecule has 0 radical (unpaired) electrons. The number of rotatable bonds is 10. The van der Waals surface area contributed by atoms with Gasteiger partial charge in [-0.3, -0.25) is 10.6 Å². The molecular weight excluding hydrogens is 502 g/mol. The van der Waals surface area contributed by atoms with Crippen LogP contribution in [0.2, 0.25) is 5.02 Å². The van der Waals surface area contributed by atoms with E-state index >= 15 is 0 Å². The molecule has 206 valence electrons. The maximum Gasteiger partial charge on any atom is 0.239 e. The summed E-state index contributed by atoms with van der Waals surface area (Å²) in [5.41, 5.74) is 5.35. The second-order valence-electron chi connectivity index (χ2n) is 8.28. The van der Waals surface area contributed by atoms with Gasteiger partial charge in [-0.05, 0) is 41.8 Å². The number of aromatic nitrogens is 2. The Balaban J connectivity index is 0.00000172. The molecule has 1 heterocycles. The number of halogens is 1. The van der Waals surface area contributed by atoms with E-state index < -0.39 is 5.41 Å². The zero-order valence-electron chi connectivity index (χ0n) is 23.7. The molecule has 0 bridgehead atoms. The van der Waals surface area contributed by atoms with E-state index in [1.165, 1.54) is 7.05 Å². The highest BCUT2D eigenvalue weighted by atomic mass is 35.5. The third-order valence-corrected chi connectivity index (χ3v) is 5.57. The molecule has 1 aromatic heterocycles. The topological polar surface area (TPSA) is 104 Å². The summed E-state index contributed by atoms with van der Waals surface area (Å²) in [4.78, 5) is 8.22. The third kappa shape index (κ3) is 9.18. The number of nitriles is 1. The molecule has 2 aromatic carbocycles. The van der Waals surface area contributed by atoms with Crippen LogP contribution in [0.3, 0.4) is 0 Å². The van der Waals surface area contributed by atoms with Crippen molar-refractivity contribution in [1.82, 2.24) is 15.1 Å². The first-order valence-corrected chi connectivity index (χ1v) is 13.2. The number of benzene rings is 2.